The summed E-state index contributed by atoms with van der Waals surface area (Å²) in [5.74, 6) is -1.19. The summed E-state index contributed by atoms with van der Waals surface area (Å²) >= 11 is 0. The molecule has 0 saturated heterocycles. The maximum Gasteiger partial charge on any atom is 0.337 e. The summed E-state index contributed by atoms with van der Waals surface area (Å²) < 4.78 is 19.6. The predicted octanol–water partition coefficient (Wildman–Crippen LogP) is 5.70. The number of carbonyl (C=O) groups excluding carboxylic acids is 2. The van der Waals surface area contributed by atoms with E-state index in [1.54, 1.807) is 12.1 Å². The second-order valence-corrected chi connectivity index (χ2v) is 10.0. The van der Waals surface area contributed by atoms with Gasteiger partial charge in [0.25, 0.3) is 0 Å². The summed E-state index contributed by atoms with van der Waals surface area (Å²) in [4.78, 5) is 26.7. The minimum atomic E-state index is -0.529. The molecule has 1 fully saturated rings. The molecule has 0 unspecified atom stereocenters. The average Bonchev–Trinajstić information content (AvgIpc) is 2.95. The quantitative estimate of drug-likeness (QED) is 0.499. The van der Waals surface area contributed by atoms with E-state index in [4.69, 9.17) is 4.74 Å². The zero-order chi connectivity index (χ0) is 22.2. The van der Waals surface area contributed by atoms with E-state index in [-0.39, 0.29) is 29.1 Å². The maximum absolute atomic E-state index is 13.7. The van der Waals surface area contributed by atoms with Gasteiger partial charge in [0.05, 0.1) is 5.57 Å². The number of allylic oxidation sites excluding steroid dienone is 3. The fourth-order valence-corrected chi connectivity index (χ4v) is 5.27. The topological polar surface area (TPSA) is 55.4 Å². The summed E-state index contributed by atoms with van der Waals surface area (Å²) in [5.41, 5.74) is 3.30. The molecule has 0 bridgehead atoms. The summed E-state index contributed by atoms with van der Waals surface area (Å²) in [6, 6.07) is 6.13. The van der Waals surface area contributed by atoms with Crippen molar-refractivity contribution in [3.63, 3.8) is 0 Å². The van der Waals surface area contributed by atoms with Gasteiger partial charge in [-0.2, -0.15) is 0 Å². The molecule has 31 heavy (non-hydrogen) atoms. The molecule has 2 aliphatic carbocycles. The number of esters is 1. The highest BCUT2D eigenvalue weighted by Crippen LogP contribution is 2.47. The van der Waals surface area contributed by atoms with E-state index in [1.165, 1.54) is 25.0 Å². The Morgan fingerprint density at radius 2 is 1.71 bits per heavy atom. The van der Waals surface area contributed by atoms with Gasteiger partial charge in [0.15, 0.2) is 5.78 Å². The van der Waals surface area contributed by atoms with Crippen LogP contribution in [-0.2, 0) is 14.3 Å². The number of carbonyl (C=O) groups is 2. The molecule has 166 valence electrons. The van der Waals surface area contributed by atoms with Crippen LogP contribution in [0.3, 0.4) is 0 Å². The fourth-order valence-electron chi connectivity index (χ4n) is 5.27. The van der Waals surface area contributed by atoms with Gasteiger partial charge in [-0.3, -0.25) is 4.79 Å². The van der Waals surface area contributed by atoms with Crippen molar-refractivity contribution in [1.82, 2.24) is 5.32 Å². The third-order valence-corrected chi connectivity index (χ3v) is 6.74. The molecule has 1 aromatic rings. The van der Waals surface area contributed by atoms with E-state index in [1.807, 2.05) is 6.92 Å². The first-order valence-corrected chi connectivity index (χ1v) is 11.5. The van der Waals surface area contributed by atoms with Crippen molar-refractivity contribution >= 4 is 11.8 Å². The first-order chi connectivity index (χ1) is 14.7. The van der Waals surface area contributed by atoms with Crippen molar-refractivity contribution < 1.29 is 18.7 Å². The van der Waals surface area contributed by atoms with E-state index in [9.17, 15) is 14.0 Å². The van der Waals surface area contributed by atoms with Crippen LogP contribution in [-0.4, -0.2) is 17.9 Å². The zero-order valence-electron chi connectivity index (χ0n) is 18.7. The number of Topliss-reactive ketones (excluding diaryl/α,β-unsaturated/α-hetero) is 1. The molecular weight excluding hydrogens is 393 g/mol. The fraction of sp³-hybridized carbons (Fsp3) is 0.538. The Kier molecular flexibility index (Phi) is 6.05. The van der Waals surface area contributed by atoms with Crippen LogP contribution in [0.25, 0.3) is 0 Å². The van der Waals surface area contributed by atoms with Crippen LogP contribution in [0.5, 0.6) is 0 Å². The number of rotatable bonds is 3. The first-order valence-electron chi connectivity index (χ1n) is 11.5. The average molecular weight is 426 g/mol. The Hall–Kier alpha value is -2.43. The highest BCUT2D eigenvalue weighted by Gasteiger charge is 2.43. The second kappa shape index (κ2) is 8.60. The van der Waals surface area contributed by atoms with Gasteiger partial charge in [-0.05, 0) is 62.1 Å². The van der Waals surface area contributed by atoms with E-state index in [0.717, 1.165) is 49.1 Å². The zero-order valence-corrected chi connectivity index (χ0v) is 18.7. The molecule has 1 aliphatic heterocycles. The van der Waals surface area contributed by atoms with Crippen molar-refractivity contribution in [1.29, 1.82) is 0 Å². The second-order valence-electron chi connectivity index (χ2n) is 10.0. The molecule has 1 heterocycles. The van der Waals surface area contributed by atoms with Gasteiger partial charge < -0.3 is 10.1 Å². The Bertz CT molecular complexity index is 934. The van der Waals surface area contributed by atoms with E-state index in [2.05, 4.69) is 19.2 Å². The Morgan fingerprint density at radius 1 is 1.06 bits per heavy atom. The SMILES string of the molecule is CC1=C(C(=O)OC2CCCCCC2)[C@H](c2ccc(F)cc2)C2=C(CC(C)(C)CC2=O)N1. The standard InChI is InChI=1S/C26H32FNO3/c1-16-22(25(30)31-19-8-6-4-5-7-9-19)23(17-10-12-18(27)13-11-17)24-20(28-16)14-26(2,3)15-21(24)29/h10-13,19,23,28H,4-9,14-15H2,1-3H3/t23-/m0/s1. The minimum absolute atomic E-state index is 0.0420. The largest absolute Gasteiger partial charge is 0.459 e. The molecule has 1 saturated carbocycles. The van der Waals surface area contributed by atoms with Crippen LogP contribution < -0.4 is 5.32 Å². The van der Waals surface area contributed by atoms with Crippen molar-refractivity contribution in [3.8, 4) is 0 Å². The first kappa shape index (κ1) is 21.8. The van der Waals surface area contributed by atoms with Crippen molar-refractivity contribution in [2.75, 3.05) is 0 Å². The normalized spacial score (nSPS) is 24.4. The predicted molar refractivity (Wildman–Crippen MR) is 118 cm³/mol. The Morgan fingerprint density at radius 3 is 2.35 bits per heavy atom. The summed E-state index contributed by atoms with van der Waals surface area (Å²) in [6.07, 6.45) is 7.33. The lowest BCUT2D eigenvalue weighted by molar-refractivity contribution is -0.145. The minimum Gasteiger partial charge on any atom is -0.459 e. The van der Waals surface area contributed by atoms with Gasteiger partial charge in [0.2, 0.25) is 0 Å². The van der Waals surface area contributed by atoms with Crippen LogP contribution in [0.1, 0.15) is 83.6 Å². The number of ether oxygens (including phenoxy) is 1. The maximum atomic E-state index is 13.7. The number of hydrogen-bond donors (Lipinski definition) is 1. The molecule has 4 nitrogen and oxygen atoms in total. The van der Waals surface area contributed by atoms with Gasteiger partial charge in [-0.15, -0.1) is 0 Å². The molecule has 1 atom stereocenters. The Labute approximate surface area is 183 Å². The van der Waals surface area contributed by atoms with Crippen LogP contribution in [0.4, 0.5) is 4.39 Å². The number of nitrogens with one attached hydrogen (secondary N) is 1. The van der Waals surface area contributed by atoms with Gasteiger partial charge in [0.1, 0.15) is 11.9 Å². The number of ketones is 1. The molecule has 1 N–H and O–H groups in total. The van der Waals surface area contributed by atoms with Crippen molar-refractivity contribution in [3.05, 3.63) is 58.2 Å². The molecule has 0 aromatic heterocycles. The van der Waals surface area contributed by atoms with Crippen molar-refractivity contribution in [2.24, 2.45) is 5.41 Å². The third kappa shape index (κ3) is 4.60. The van der Waals surface area contributed by atoms with Crippen LogP contribution in [0.15, 0.2) is 46.8 Å². The molecule has 4 rings (SSSR count). The van der Waals surface area contributed by atoms with Crippen LogP contribution in [0, 0.1) is 11.2 Å². The highest BCUT2D eigenvalue weighted by atomic mass is 19.1. The lowest BCUT2D eigenvalue weighted by Crippen LogP contribution is -2.39. The monoisotopic (exact) mass is 425 g/mol. The van der Waals surface area contributed by atoms with Gasteiger partial charge in [0, 0.05) is 29.3 Å². The number of halogens is 1. The molecule has 1 aromatic carbocycles. The summed E-state index contributed by atoms with van der Waals surface area (Å²) in [6.45, 7) is 6.03. The highest BCUT2D eigenvalue weighted by molar-refractivity contribution is 6.04. The molecular formula is C26H32FNO3. The van der Waals surface area contributed by atoms with Gasteiger partial charge in [-0.1, -0.05) is 38.8 Å². The molecule has 3 aliphatic rings. The van der Waals surface area contributed by atoms with Crippen LogP contribution in [0.2, 0.25) is 0 Å². The van der Waals surface area contributed by atoms with E-state index >= 15 is 0 Å². The van der Waals surface area contributed by atoms with Crippen molar-refractivity contribution in [2.45, 2.75) is 84.2 Å². The number of dihydropyridines is 1. The smallest absolute Gasteiger partial charge is 0.337 e. The van der Waals surface area contributed by atoms with Crippen LogP contribution >= 0.6 is 0 Å². The van der Waals surface area contributed by atoms with E-state index < -0.39 is 5.92 Å². The molecule has 5 heteroatoms. The molecule has 0 amide bonds. The van der Waals surface area contributed by atoms with Gasteiger partial charge in [-0.25, -0.2) is 9.18 Å². The summed E-state index contributed by atoms with van der Waals surface area (Å²) in [5, 5.41) is 3.36. The van der Waals surface area contributed by atoms with E-state index in [0.29, 0.717) is 17.6 Å². The lowest BCUT2D eigenvalue weighted by Gasteiger charge is -2.39. The molecule has 0 radical (unpaired) electrons. The third-order valence-electron chi connectivity index (χ3n) is 6.74. The molecule has 0 spiro atoms. The van der Waals surface area contributed by atoms with Gasteiger partial charge >= 0.3 is 5.97 Å². The Balaban J connectivity index is 1.73. The number of hydrogen-bond acceptors (Lipinski definition) is 4. The lowest BCUT2D eigenvalue weighted by atomic mass is 9.68. The number of benzene rings is 1. The summed E-state index contributed by atoms with van der Waals surface area (Å²) in [7, 11) is 0.